The summed E-state index contributed by atoms with van der Waals surface area (Å²) in [6.45, 7) is 9.10. The van der Waals surface area contributed by atoms with Crippen LogP contribution in [-0.4, -0.2) is 52.0 Å². The van der Waals surface area contributed by atoms with Gasteiger partial charge in [0.25, 0.3) is 0 Å². The van der Waals surface area contributed by atoms with E-state index in [1.54, 1.807) is 0 Å². The zero-order chi connectivity index (χ0) is 17.3. The molecular formula is C19H37N3O2. The second-order valence-corrected chi connectivity index (χ2v) is 7.84. The molecule has 2 rings (SSSR count). The van der Waals surface area contributed by atoms with Crippen molar-refractivity contribution in [3.05, 3.63) is 0 Å². The SMILES string of the molecule is CN=C(NCCCOC1CCOCC1)NCC1(CC(C)C)CCC1. The average Bonchev–Trinajstić information content (AvgIpc) is 2.55. The van der Waals surface area contributed by atoms with E-state index in [2.05, 4.69) is 29.5 Å². The van der Waals surface area contributed by atoms with Crippen LogP contribution in [0.5, 0.6) is 0 Å². The Bertz CT molecular complexity index is 375. The van der Waals surface area contributed by atoms with E-state index in [0.29, 0.717) is 11.5 Å². The first-order valence-electron chi connectivity index (χ1n) is 9.77. The first-order chi connectivity index (χ1) is 11.6. The molecule has 140 valence electrons. The highest BCUT2D eigenvalue weighted by molar-refractivity contribution is 5.79. The molecule has 1 aliphatic heterocycles. The predicted molar refractivity (Wildman–Crippen MR) is 99.5 cm³/mol. The van der Waals surface area contributed by atoms with Crippen molar-refractivity contribution in [3.8, 4) is 0 Å². The molecule has 0 radical (unpaired) electrons. The van der Waals surface area contributed by atoms with Gasteiger partial charge in [-0.25, -0.2) is 0 Å². The zero-order valence-electron chi connectivity index (χ0n) is 15.9. The summed E-state index contributed by atoms with van der Waals surface area (Å²) < 4.78 is 11.3. The fourth-order valence-corrected chi connectivity index (χ4v) is 3.86. The number of rotatable bonds is 9. The summed E-state index contributed by atoms with van der Waals surface area (Å²) in [5, 5.41) is 6.95. The molecule has 1 saturated heterocycles. The van der Waals surface area contributed by atoms with E-state index in [4.69, 9.17) is 9.47 Å². The molecule has 0 aromatic heterocycles. The summed E-state index contributed by atoms with van der Waals surface area (Å²) in [5.74, 6) is 1.69. The van der Waals surface area contributed by atoms with Crippen LogP contribution in [0.15, 0.2) is 4.99 Å². The quantitative estimate of drug-likeness (QED) is 0.385. The Balaban J connectivity index is 1.56. The van der Waals surface area contributed by atoms with Gasteiger partial charge >= 0.3 is 0 Å². The second kappa shape index (κ2) is 10.2. The number of aliphatic imine (C=N–C) groups is 1. The molecule has 1 aliphatic carbocycles. The van der Waals surface area contributed by atoms with E-state index in [0.717, 1.165) is 64.1 Å². The van der Waals surface area contributed by atoms with E-state index in [1.165, 1.54) is 25.7 Å². The highest BCUT2D eigenvalue weighted by Crippen LogP contribution is 2.45. The molecule has 0 unspecified atom stereocenters. The molecular weight excluding hydrogens is 302 g/mol. The topological polar surface area (TPSA) is 54.9 Å². The summed E-state index contributed by atoms with van der Waals surface area (Å²) in [4.78, 5) is 4.35. The molecule has 2 aliphatic rings. The third kappa shape index (κ3) is 6.60. The standard InChI is InChI=1S/C19H37N3O2/c1-16(2)14-19(8-4-9-19)15-22-18(20-3)21-10-5-11-24-17-6-12-23-13-7-17/h16-17H,4-15H2,1-3H3,(H2,20,21,22). The van der Waals surface area contributed by atoms with Crippen molar-refractivity contribution in [2.45, 2.75) is 64.9 Å². The third-order valence-electron chi connectivity index (χ3n) is 5.25. The van der Waals surface area contributed by atoms with Gasteiger partial charge in [-0.1, -0.05) is 20.3 Å². The van der Waals surface area contributed by atoms with Crippen LogP contribution in [0, 0.1) is 11.3 Å². The van der Waals surface area contributed by atoms with Crippen LogP contribution >= 0.6 is 0 Å². The Morgan fingerprint density at radius 3 is 2.58 bits per heavy atom. The Morgan fingerprint density at radius 2 is 2.00 bits per heavy atom. The lowest BCUT2D eigenvalue weighted by molar-refractivity contribution is -0.0320. The summed E-state index contributed by atoms with van der Waals surface area (Å²) in [6, 6.07) is 0. The number of ether oxygens (including phenoxy) is 2. The van der Waals surface area contributed by atoms with Crippen molar-refractivity contribution < 1.29 is 9.47 Å². The Labute approximate surface area is 148 Å². The van der Waals surface area contributed by atoms with E-state index in [-0.39, 0.29) is 0 Å². The Hall–Kier alpha value is -0.810. The van der Waals surface area contributed by atoms with Crippen LogP contribution in [0.1, 0.15) is 58.8 Å². The summed E-state index contributed by atoms with van der Waals surface area (Å²) in [7, 11) is 1.85. The van der Waals surface area contributed by atoms with Gasteiger partial charge in [0.05, 0.1) is 6.10 Å². The Morgan fingerprint density at radius 1 is 1.25 bits per heavy atom. The fraction of sp³-hybridized carbons (Fsp3) is 0.947. The monoisotopic (exact) mass is 339 g/mol. The molecule has 24 heavy (non-hydrogen) atoms. The van der Waals surface area contributed by atoms with Gasteiger partial charge in [-0.2, -0.15) is 0 Å². The third-order valence-corrected chi connectivity index (χ3v) is 5.25. The van der Waals surface area contributed by atoms with Crippen LogP contribution in [0.3, 0.4) is 0 Å². The summed E-state index contributed by atoms with van der Waals surface area (Å²) in [5.41, 5.74) is 0.498. The van der Waals surface area contributed by atoms with Gasteiger partial charge in [0, 0.05) is 40.0 Å². The van der Waals surface area contributed by atoms with Gasteiger partial charge in [0.2, 0.25) is 0 Å². The molecule has 0 spiro atoms. The smallest absolute Gasteiger partial charge is 0.190 e. The van der Waals surface area contributed by atoms with Crippen molar-refractivity contribution in [2.75, 3.05) is 40.0 Å². The van der Waals surface area contributed by atoms with Crippen molar-refractivity contribution in [3.63, 3.8) is 0 Å². The van der Waals surface area contributed by atoms with Gasteiger partial charge in [0.1, 0.15) is 0 Å². The largest absolute Gasteiger partial charge is 0.381 e. The molecule has 2 fully saturated rings. The van der Waals surface area contributed by atoms with Crippen molar-refractivity contribution in [1.82, 2.24) is 10.6 Å². The van der Waals surface area contributed by atoms with Gasteiger partial charge in [-0.15, -0.1) is 0 Å². The van der Waals surface area contributed by atoms with Gasteiger partial charge in [-0.05, 0) is 49.9 Å². The molecule has 2 N–H and O–H groups in total. The minimum Gasteiger partial charge on any atom is -0.381 e. The maximum absolute atomic E-state index is 5.90. The highest BCUT2D eigenvalue weighted by atomic mass is 16.5. The lowest BCUT2D eigenvalue weighted by atomic mass is 9.64. The van der Waals surface area contributed by atoms with Crippen LogP contribution in [0.4, 0.5) is 0 Å². The van der Waals surface area contributed by atoms with E-state index in [9.17, 15) is 0 Å². The first-order valence-corrected chi connectivity index (χ1v) is 9.77. The lowest BCUT2D eigenvalue weighted by Gasteiger charge is -2.43. The number of guanidine groups is 1. The van der Waals surface area contributed by atoms with E-state index >= 15 is 0 Å². The maximum Gasteiger partial charge on any atom is 0.190 e. The molecule has 5 nitrogen and oxygen atoms in total. The molecule has 0 aromatic carbocycles. The normalized spacial score (nSPS) is 21.6. The van der Waals surface area contributed by atoms with Crippen molar-refractivity contribution in [1.29, 1.82) is 0 Å². The number of nitrogens with one attached hydrogen (secondary N) is 2. The van der Waals surface area contributed by atoms with E-state index in [1.807, 2.05) is 7.05 Å². The molecule has 0 aromatic rings. The second-order valence-electron chi connectivity index (χ2n) is 7.84. The van der Waals surface area contributed by atoms with E-state index < -0.39 is 0 Å². The molecule has 0 atom stereocenters. The van der Waals surface area contributed by atoms with Crippen LogP contribution < -0.4 is 10.6 Å². The van der Waals surface area contributed by atoms with Crippen LogP contribution in [0.25, 0.3) is 0 Å². The van der Waals surface area contributed by atoms with Crippen LogP contribution in [-0.2, 0) is 9.47 Å². The first kappa shape index (κ1) is 19.5. The van der Waals surface area contributed by atoms with Gasteiger partial charge < -0.3 is 20.1 Å². The number of nitrogens with zero attached hydrogens (tertiary/aromatic N) is 1. The molecule has 0 bridgehead atoms. The van der Waals surface area contributed by atoms with Crippen molar-refractivity contribution in [2.24, 2.45) is 16.3 Å². The molecule has 5 heteroatoms. The summed E-state index contributed by atoms with van der Waals surface area (Å²) >= 11 is 0. The summed E-state index contributed by atoms with van der Waals surface area (Å²) in [6.07, 6.45) is 8.88. The maximum atomic E-state index is 5.90. The average molecular weight is 340 g/mol. The minimum atomic E-state index is 0.394. The predicted octanol–water partition coefficient (Wildman–Crippen LogP) is 2.95. The molecule has 0 amide bonds. The highest BCUT2D eigenvalue weighted by Gasteiger charge is 2.37. The van der Waals surface area contributed by atoms with Gasteiger partial charge in [-0.3, -0.25) is 4.99 Å². The molecule has 1 heterocycles. The minimum absolute atomic E-state index is 0.394. The van der Waals surface area contributed by atoms with Gasteiger partial charge in [0.15, 0.2) is 5.96 Å². The molecule has 1 saturated carbocycles. The Kier molecular flexibility index (Phi) is 8.33. The fourth-order valence-electron chi connectivity index (χ4n) is 3.86. The van der Waals surface area contributed by atoms with Crippen LogP contribution in [0.2, 0.25) is 0 Å². The zero-order valence-corrected chi connectivity index (χ0v) is 15.9. The number of hydrogen-bond acceptors (Lipinski definition) is 3. The number of hydrogen-bond donors (Lipinski definition) is 2. The van der Waals surface area contributed by atoms with Crippen molar-refractivity contribution >= 4 is 5.96 Å². The lowest BCUT2D eigenvalue weighted by Crippen LogP contribution is -2.47.